The first kappa shape index (κ1) is 8.64. The van der Waals surface area contributed by atoms with Crippen LogP contribution in [-0.2, 0) is 6.61 Å². The maximum absolute atomic E-state index is 10.6. The molecule has 2 N–H and O–H groups in total. The predicted molar refractivity (Wildman–Crippen MR) is 45.9 cm³/mol. The first-order valence-electron chi connectivity index (χ1n) is 3.90. The number of carbonyl (C=O) groups is 1. The smallest absolute Gasteiger partial charge is 0.335 e. The lowest BCUT2D eigenvalue weighted by Crippen LogP contribution is -1.97. The number of aliphatic hydroxyl groups is 1. The van der Waals surface area contributed by atoms with Crippen molar-refractivity contribution < 1.29 is 15.0 Å². The van der Waals surface area contributed by atoms with E-state index in [9.17, 15) is 4.79 Å². The fourth-order valence-corrected chi connectivity index (χ4v) is 1.13. The van der Waals surface area contributed by atoms with Crippen LogP contribution in [-0.4, -0.2) is 30.8 Å². The lowest BCUT2D eigenvalue weighted by atomic mass is 10.3. The third kappa shape index (κ3) is 1.31. The molecule has 0 amide bonds. The molecule has 6 heteroatoms. The van der Waals surface area contributed by atoms with Gasteiger partial charge in [0.1, 0.15) is 6.61 Å². The number of hydrogen-bond donors (Lipinski definition) is 2. The predicted octanol–water partition coefficient (Wildman–Crippen LogP) is -0.0802. The number of fused-ring (bicyclic) bond motifs is 1. The Morgan fingerprint density at radius 2 is 2.36 bits per heavy atom. The van der Waals surface area contributed by atoms with Crippen LogP contribution in [0.25, 0.3) is 5.65 Å². The average Bonchev–Trinajstić information content (AvgIpc) is 2.58. The molecule has 72 valence electrons. The van der Waals surface area contributed by atoms with Crippen molar-refractivity contribution in [2.24, 2.45) is 0 Å². The Bertz CT molecular complexity index is 492. The zero-order valence-corrected chi connectivity index (χ0v) is 7.08. The van der Waals surface area contributed by atoms with E-state index in [1.165, 1.54) is 22.8 Å². The molecule has 2 aromatic heterocycles. The Labute approximate surface area is 78.4 Å². The summed E-state index contributed by atoms with van der Waals surface area (Å²) in [5.41, 5.74) is 0.559. The molecule has 0 bridgehead atoms. The van der Waals surface area contributed by atoms with Gasteiger partial charge in [0, 0.05) is 6.20 Å². The molecule has 0 radical (unpaired) electrons. The topological polar surface area (TPSA) is 87.7 Å². The fourth-order valence-electron chi connectivity index (χ4n) is 1.13. The Kier molecular flexibility index (Phi) is 1.90. The SMILES string of the molecule is O=C(O)c1ccn2nc(CO)nc2c1. The van der Waals surface area contributed by atoms with Crippen molar-refractivity contribution in [3.8, 4) is 0 Å². The molecule has 0 saturated carbocycles. The van der Waals surface area contributed by atoms with Crippen LogP contribution in [0.2, 0.25) is 0 Å². The van der Waals surface area contributed by atoms with Gasteiger partial charge in [-0.1, -0.05) is 0 Å². The summed E-state index contributed by atoms with van der Waals surface area (Å²) in [7, 11) is 0. The first-order valence-corrected chi connectivity index (χ1v) is 3.90. The average molecular weight is 193 g/mol. The van der Waals surface area contributed by atoms with Gasteiger partial charge in [-0.05, 0) is 12.1 Å². The van der Waals surface area contributed by atoms with Gasteiger partial charge in [-0.3, -0.25) is 0 Å². The Balaban J connectivity index is 2.59. The van der Waals surface area contributed by atoms with Crippen molar-refractivity contribution in [3.05, 3.63) is 29.7 Å². The fraction of sp³-hybridized carbons (Fsp3) is 0.125. The summed E-state index contributed by atoms with van der Waals surface area (Å²) in [5, 5.41) is 21.4. The van der Waals surface area contributed by atoms with Crippen molar-refractivity contribution in [1.82, 2.24) is 14.6 Å². The Morgan fingerprint density at radius 3 is 3.00 bits per heavy atom. The number of carboxylic acids is 1. The summed E-state index contributed by atoms with van der Waals surface area (Å²) >= 11 is 0. The molecular weight excluding hydrogens is 186 g/mol. The Hall–Kier alpha value is -1.95. The molecule has 6 nitrogen and oxygen atoms in total. The molecule has 0 atom stereocenters. The molecule has 0 aromatic carbocycles. The number of aliphatic hydroxyl groups excluding tert-OH is 1. The second kappa shape index (κ2) is 3.08. The summed E-state index contributed by atoms with van der Waals surface area (Å²) in [6, 6.07) is 2.82. The second-order valence-electron chi connectivity index (χ2n) is 2.71. The van der Waals surface area contributed by atoms with Crippen LogP contribution in [0, 0.1) is 0 Å². The molecular formula is C8H7N3O3. The molecule has 0 fully saturated rings. The van der Waals surface area contributed by atoms with E-state index in [2.05, 4.69) is 10.1 Å². The molecule has 0 aliphatic rings. The highest BCUT2D eigenvalue weighted by molar-refractivity contribution is 5.88. The van der Waals surface area contributed by atoms with E-state index in [1.54, 1.807) is 0 Å². The molecule has 0 unspecified atom stereocenters. The van der Waals surface area contributed by atoms with Crippen LogP contribution >= 0.6 is 0 Å². The van der Waals surface area contributed by atoms with Crippen LogP contribution in [0.15, 0.2) is 18.3 Å². The number of hydrogen-bond acceptors (Lipinski definition) is 4. The van der Waals surface area contributed by atoms with E-state index in [0.717, 1.165) is 0 Å². The molecule has 2 aromatic rings. The second-order valence-corrected chi connectivity index (χ2v) is 2.71. The van der Waals surface area contributed by atoms with E-state index in [0.29, 0.717) is 5.65 Å². The standard InChI is InChI=1S/C8H7N3O3/c12-4-6-9-7-3-5(8(13)14)1-2-11(7)10-6/h1-3,12H,4H2,(H,13,14). The van der Waals surface area contributed by atoms with Gasteiger partial charge < -0.3 is 10.2 Å². The maximum atomic E-state index is 10.6. The van der Waals surface area contributed by atoms with Gasteiger partial charge >= 0.3 is 5.97 Å². The van der Waals surface area contributed by atoms with Crippen molar-refractivity contribution in [2.45, 2.75) is 6.61 Å². The third-order valence-corrected chi connectivity index (χ3v) is 1.77. The van der Waals surface area contributed by atoms with Crippen molar-refractivity contribution in [3.63, 3.8) is 0 Å². The minimum absolute atomic E-state index is 0.148. The summed E-state index contributed by atoms with van der Waals surface area (Å²) < 4.78 is 1.41. The van der Waals surface area contributed by atoms with Crippen molar-refractivity contribution in [1.29, 1.82) is 0 Å². The third-order valence-electron chi connectivity index (χ3n) is 1.77. The molecule has 0 aliphatic carbocycles. The number of rotatable bonds is 2. The van der Waals surface area contributed by atoms with E-state index in [1.807, 2.05) is 0 Å². The number of aromatic nitrogens is 3. The van der Waals surface area contributed by atoms with Gasteiger partial charge in [-0.15, -0.1) is 5.10 Å². The molecule has 2 rings (SSSR count). The molecule has 0 aliphatic heterocycles. The molecule has 0 saturated heterocycles. The molecule has 14 heavy (non-hydrogen) atoms. The molecule has 0 spiro atoms. The van der Waals surface area contributed by atoms with E-state index in [-0.39, 0.29) is 18.0 Å². The van der Waals surface area contributed by atoms with Gasteiger partial charge in [0.15, 0.2) is 11.5 Å². The quantitative estimate of drug-likeness (QED) is 0.696. The number of pyridine rings is 1. The highest BCUT2D eigenvalue weighted by Gasteiger charge is 2.06. The zero-order valence-electron chi connectivity index (χ0n) is 7.08. The minimum atomic E-state index is -1.01. The summed E-state index contributed by atoms with van der Waals surface area (Å²) in [6.45, 7) is -0.260. The van der Waals surface area contributed by atoms with Crippen molar-refractivity contribution >= 4 is 11.6 Å². The Morgan fingerprint density at radius 1 is 1.57 bits per heavy atom. The van der Waals surface area contributed by atoms with Gasteiger partial charge in [0.25, 0.3) is 0 Å². The summed E-state index contributed by atoms with van der Waals surface area (Å²) in [6.07, 6.45) is 1.49. The van der Waals surface area contributed by atoms with E-state index < -0.39 is 5.97 Å². The zero-order chi connectivity index (χ0) is 10.1. The highest BCUT2D eigenvalue weighted by atomic mass is 16.4. The number of carboxylic acid groups (broad SMARTS) is 1. The first-order chi connectivity index (χ1) is 6.70. The lowest BCUT2D eigenvalue weighted by molar-refractivity contribution is 0.0697. The van der Waals surface area contributed by atoms with Gasteiger partial charge in [-0.25, -0.2) is 14.3 Å². The number of aromatic carboxylic acids is 1. The minimum Gasteiger partial charge on any atom is -0.478 e. The molecule has 2 heterocycles. The lowest BCUT2D eigenvalue weighted by Gasteiger charge is -1.93. The monoisotopic (exact) mass is 193 g/mol. The van der Waals surface area contributed by atoms with Crippen LogP contribution in [0.1, 0.15) is 16.2 Å². The highest BCUT2D eigenvalue weighted by Crippen LogP contribution is 2.05. The summed E-state index contributed by atoms with van der Waals surface area (Å²) in [4.78, 5) is 14.5. The van der Waals surface area contributed by atoms with Gasteiger partial charge in [0.05, 0.1) is 5.56 Å². The van der Waals surface area contributed by atoms with Gasteiger partial charge in [0.2, 0.25) is 0 Å². The van der Waals surface area contributed by atoms with Gasteiger partial charge in [-0.2, -0.15) is 0 Å². The summed E-state index contributed by atoms with van der Waals surface area (Å²) in [5.74, 6) is -0.742. The van der Waals surface area contributed by atoms with Crippen LogP contribution in [0.3, 0.4) is 0 Å². The van der Waals surface area contributed by atoms with Crippen LogP contribution < -0.4 is 0 Å². The van der Waals surface area contributed by atoms with E-state index in [4.69, 9.17) is 10.2 Å². The largest absolute Gasteiger partial charge is 0.478 e. The number of nitrogens with zero attached hydrogens (tertiary/aromatic N) is 3. The van der Waals surface area contributed by atoms with Crippen molar-refractivity contribution in [2.75, 3.05) is 0 Å². The van der Waals surface area contributed by atoms with E-state index >= 15 is 0 Å². The van der Waals surface area contributed by atoms with Crippen LogP contribution in [0.4, 0.5) is 0 Å². The maximum Gasteiger partial charge on any atom is 0.335 e. The normalized spacial score (nSPS) is 10.6. The van der Waals surface area contributed by atoms with Crippen LogP contribution in [0.5, 0.6) is 0 Å².